The summed E-state index contributed by atoms with van der Waals surface area (Å²) in [5.74, 6) is 0.268. The second kappa shape index (κ2) is 8.83. The van der Waals surface area contributed by atoms with Gasteiger partial charge in [0.2, 0.25) is 0 Å². The number of nitro groups is 1. The summed E-state index contributed by atoms with van der Waals surface area (Å²) in [5, 5.41) is 14.8. The van der Waals surface area contributed by atoms with E-state index in [1.165, 1.54) is 28.4 Å². The van der Waals surface area contributed by atoms with Crippen molar-refractivity contribution in [2.45, 2.75) is 30.6 Å². The lowest BCUT2D eigenvalue weighted by Crippen LogP contribution is -2.38. The van der Waals surface area contributed by atoms with Gasteiger partial charge in [-0.3, -0.25) is 20.3 Å². The minimum Gasteiger partial charge on any atom is -0.294 e. The molecule has 1 aliphatic carbocycles. The molecule has 3 aromatic rings. The summed E-state index contributed by atoms with van der Waals surface area (Å²) in [6, 6.07) is 10.8. The number of thiazole rings is 1. The Labute approximate surface area is 189 Å². The van der Waals surface area contributed by atoms with Gasteiger partial charge < -0.3 is 0 Å². The lowest BCUT2D eigenvalue weighted by molar-refractivity contribution is -0.387. The molecule has 0 radical (unpaired) electrons. The van der Waals surface area contributed by atoms with Crippen LogP contribution >= 0.6 is 11.3 Å². The van der Waals surface area contributed by atoms with Gasteiger partial charge in [-0.2, -0.15) is 0 Å². The normalized spacial score (nSPS) is 14.5. The summed E-state index contributed by atoms with van der Waals surface area (Å²) >= 11 is 1.34. The van der Waals surface area contributed by atoms with Crippen LogP contribution in [0.15, 0.2) is 47.4 Å². The predicted molar refractivity (Wildman–Crippen MR) is 124 cm³/mol. The number of carbonyl (C=O) groups excluding carboxylic acids is 1. The summed E-state index contributed by atoms with van der Waals surface area (Å²) < 4.78 is 24.9. The molecule has 1 N–H and O–H groups in total. The lowest BCUT2D eigenvalue weighted by atomic mass is 10.1. The van der Waals surface area contributed by atoms with E-state index in [1.54, 1.807) is 0 Å². The van der Waals surface area contributed by atoms with Crippen molar-refractivity contribution in [3.05, 3.63) is 52.6 Å². The molecule has 0 spiro atoms. The topological polar surface area (TPSA) is 123 Å². The second-order valence-electron chi connectivity index (χ2n) is 7.86. The van der Waals surface area contributed by atoms with Crippen molar-refractivity contribution in [3.63, 3.8) is 0 Å². The fourth-order valence-corrected chi connectivity index (χ4v) is 5.66. The maximum absolute atomic E-state index is 13.2. The molecule has 9 nitrogen and oxygen atoms in total. The fraction of sp³-hybridized carbons (Fsp3) is 0.333. The number of fused-ring (bicyclic) bond motifs is 1. The van der Waals surface area contributed by atoms with E-state index in [2.05, 4.69) is 10.3 Å². The Morgan fingerprint density at radius 3 is 2.62 bits per heavy atom. The lowest BCUT2D eigenvalue weighted by Gasteiger charge is -2.25. The van der Waals surface area contributed by atoms with Crippen molar-refractivity contribution >= 4 is 53.9 Å². The number of nitrogens with one attached hydrogen (secondary N) is 1. The molecule has 0 unspecified atom stereocenters. The molecule has 1 aromatic heterocycles. The number of anilines is 2. The van der Waals surface area contributed by atoms with Gasteiger partial charge in [0, 0.05) is 18.9 Å². The predicted octanol–water partition coefficient (Wildman–Crippen LogP) is 4.84. The van der Waals surface area contributed by atoms with Crippen LogP contribution in [-0.4, -0.2) is 37.2 Å². The molecule has 11 heteroatoms. The van der Waals surface area contributed by atoms with Gasteiger partial charge in [-0.1, -0.05) is 36.3 Å². The van der Waals surface area contributed by atoms with Crippen molar-refractivity contribution in [3.8, 4) is 0 Å². The molecule has 1 saturated carbocycles. The highest BCUT2D eigenvalue weighted by Gasteiger charge is 2.28. The van der Waals surface area contributed by atoms with Gasteiger partial charge in [-0.05, 0) is 43.0 Å². The molecule has 168 valence electrons. The average Bonchev–Trinajstić information content (AvgIpc) is 3.39. The first-order chi connectivity index (χ1) is 15.2. The highest BCUT2D eigenvalue weighted by Crippen LogP contribution is 2.33. The first kappa shape index (κ1) is 22.2. The van der Waals surface area contributed by atoms with E-state index in [1.807, 2.05) is 24.3 Å². The number of hydrogen-bond donors (Lipinski definition) is 1. The van der Waals surface area contributed by atoms with Gasteiger partial charge in [0.05, 0.1) is 20.8 Å². The van der Waals surface area contributed by atoms with Crippen molar-refractivity contribution in [1.29, 1.82) is 0 Å². The molecule has 32 heavy (non-hydrogen) atoms. The van der Waals surface area contributed by atoms with E-state index in [0.717, 1.165) is 48.2 Å². The molecular weight excluding hydrogens is 452 g/mol. The van der Waals surface area contributed by atoms with Crippen LogP contribution in [0.5, 0.6) is 0 Å². The minimum absolute atomic E-state index is 0.268. The SMILES string of the molecule is CS(=O)(=O)c1ccc(N(CC2CCCC2)C(=O)Nc2nc3ccccc3s2)cc1[N+](=O)[O-]. The monoisotopic (exact) mass is 474 g/mol. The Morgan fingerprint density at radius 2 is 1.97 bits per heavy atom. The van der Waals surface area contributed by atoms with Crippen LogP contribution in [0.25, 0.3) is 10.2 Å². The summed E-state index contributed by atoms with van der Waals surface area (Å²) in [6.45, 7) is 0.381. The number of benzene rings is 2. The number of hydrogen-bond acceptors (Lipinski definition) is 7. The number of rotatable bonds is 6. The quantitative estimate of drug-likeness (QED) is 0.403. The highest BCUT2D eigenvalue weighted by atomic mass is 32.2. The van der Waals surface area contributed by atoms with Crippen molar-refractivity contribution in [2.24, 2.45) is 5.92 Å². The molecule has 0 saturated heterocycles. The van der Waals surface area contributed by atoms with Crippen molar-refractivity contribution in [1.82, 2.24) is 4.98 Å². The third kappa shape index (κ3) is 4.73. The van der Waals surface area contributed by atoms with E-state index in [-0.39, 0.29) is 16.5 Å². The van der Waals surface area contributed by atoms with Gasteiger partial charge in [0.25, 0.3) is 5.69 Å². The molecule has 0 aliphatic heterocycles. The van der Waals surface area contributed by atoms with Crippen molar-refractivity contribution < 1.29 is 18.1 Å². The Morgan fingerprint density at radius 1 is 1.25 bits per heavy atom. The molecule has 0 bridgehead atoms. The van der Waals surface area contributed by atoms with E-state index in [9.17, 15) is 23.3 Å². The molecule has 4 rings (SSSR count). The number of amides is 2. The van der Waals surface area contributed by atoms with Crippen LogP contribution in [0, 0.1) is 16.0 Å². The van der Waals surface area contributed by atoms with E-state index >= 15 is 0 Å². The standard InChI is InChI=1S/C21H22N4O5S2/c1-32(29,30)19-11-10-15(12-17(19)25(27)28)24(13-14-6-2-3-7-14)21(26)23-20-22-16-8-4-5-9-18(16)31-20/h4-5,8-12,14H,2-3,6-7,13H2,1H3,(H,22,23,26). The number of nitrogens with zero attached hydrogens (tertiary/aromatic N) is 3. The van der Waals surface area contributed by atoms with Crippen molar-refractivity contribution in [2.75, 3.05) is 23.0 Å². The Hall–Kier alpha value is -3.05. The summed E-state index contributed by atoms with van der Waals surface area (Å²) in [6.07, 6.45) is 5.00. The minimum atomic E-state index is -3.80. The maximum atomic E-state index is 13.2. The Bertz CT molecular complexity index is 1250. The van der Waals surface area contributed by atoms with Crippen LogP contribution in [0.3, 0.4) is 0 Å². The molecule has 2 aromatic carbocycles. The number of nitro benzene ring substituents is 1. The van der Waals surface area contributed by atoms with Gasteiger partial charge in [-0.15, -0.1) is 0 Å². The first-order valence-electron chi connectivity index (χ1n) is 10.1. The maximum Gasteiger partial charge on any atom is 0.328 e. The van der Waals surface area contributed by atoms with Gasteiger partial charge >= 0.3 is 6.03 Å². The zero-order chi connectivity index (χ0) is 22.9. The zero-order valence-electron chi connectivity index (χ0n) is 17.4. The molecule has 1 fully saturated rings. The van der Waals surface area contributed by atoms with Crippen LogP contribution in [0.4, 0.5) is 21.3 Å². The van der Waals surface area contributed by atoms with Crippen LogP contribution in [0.1, 0.15) is 25.7 Å². The molecule has 0 atom stereocenters. The number of aromatic nitrogens is 1. The number of sulfone groups is 1. The second-order valence-corrected chi connectivity index (χ2v) is 10.9. The zero-order valence-corrected chi connectivity index (χ0v) is 19.0. The fourth-order valence-electron chi connectivity index (χ4n) is 3.97. The molecule has 1 heterocycles. The third-order valence-corrected chi connectivity index (χ3v) is 7.61. The molecular formula is C21H22N4O5S2. The van der Waals surface area contributed by atoms with Crippen LogP contribution < -0.4 is 10.2 Å². The summed E-state index contributed by atoms with van der Waals surface area (Å²) in [4.78, 5) is 29.6. The Balaban J connectivity index is 1.69. The largest absolute Gasteiger partial charge is 0.328 e. The number of urea groups is 1. The average molecular weight is 475 g/mol. The molecule has 1 aliphatic rings. The smallest absolute Gasteiger partial charge is 0.294 e. The molecule has 2 amide bonds. The van der Waals surface area contributed by atoms with Crippen LogP contribution in [-0.2, 0) is 9.84 Å². The number of carbonyl (C=O) groups is 1. The van der Waals surface area contributed by atoms with Gasteiger partial charge in [0.1, 0.15) is 4.90 Å². The summed E-state index contributed by atoms with van der Waals surface area (Å²) in [5.41, 5.74) is 0.493. The van der Waals surface area contributed by atoms with Gasteiger partial charge in [-0.25, -0.2) is 18.2 Å². The van der Waals surface area contributed by atoms with Crippen LogP contribution in [0.2, 0.25) is 0 Å². The summed E-state index contributed by atoms with van der Waals surface area (Å²) in [7, 11) is -3.80. The number of para-hydroxylation sites is 1. The third-order valence-electron chi connectivity index (χ3n) is 5.52. The van der Waals surface area contributed by atoms with Gasteiger partial charge in [0.15, 0.2) is 15.0 Å². The Kier molecular flexibility index (Phi) is 6.11. The van der Waals surface area contributed by atoms with E-state index in [0.29, 0.717) is 11.7 Å². The van der Waals surface area contributed by atoms with E-state index < -0.39 is 26.5 Å². The van der Waals surface area contributed by atoms with E-state index in [4.69, 9.17) is 0 Å². The first-order valence-corrected chi connectivity index (χ1v) is 12.9. The highest BCUT2D eigenvalue weighted by molar-refractivity contribution is 7.90.